The average molecular weight is 549 g/mol. The van der Waals surface area contributed by atoms with Gasteiger partial charge in [0.1, 0.15) is 5.70 Å². The summed E-state index contributed by atoms with van der Waals surface area (Å²) in [6.45, 7) is 0. The fraction of sp³-hybridized carbons (Fsp3) is 0.0769. The molecule has 0 saturated carbocycles. The molecule has 0 fully saturated rings. The molecule has 3 aromatic rings. The van der Waals surface area contributed by atoms with Crippen molar-refractivity contribution in [2.75, 3.05) is 19.5 Å². The van der Waals surface area contributed by atoms with Crippen LogP contribution < -0.4 is 25.5 Å². The Hall–Kier alpha value is -4.44. The van der Waals surface area contributed by atoms with Gasteiger partial charge in [-0.2, -0.15) is 5.10 Å². The molecule has 0 atom stereocenters. The van der Waals surface area contributed by atoms with E-state index in [2.05, 4.69) is 37.1 Å². The Kier molecular flexibility index (Phi) is 7.45. The van der Waals surface area contributed by atoms with Crippen molar-refractivity contribution in [1.29, 1.82) is 0 Å². The van der Waals surface area contributed by atoms with Crippen molar-refractivity contribution in [2.24, 2.45) is 5.10 Å². The number of hydrazone groups is 1. The Morgan fingerprint density at radius 1 is 0.972 bits per heavy atom. The fourth-order valence-corrected chi connectivity index (χ4v) is 3.82. The van der Waals surface area contributed by atoms with E-state index in [0.29, 0.717) is 33.9 Å². The minimum absolute atomic E-state index is 0.0412. The van der Waals surface area contributed by atoms with Crippen molar-refractivity contribution >= 4 is 51.1 Å². The van der Waals surface area contributed by atoms with E-state index >= 15 is 0 Å². The zero-order valence-corrected chi connectivity index (χ0v) is 20.9. The molecule has 0 aromatic heterocycles. The molecule has 182 valence electrons. The number of nitrogens with zero attached hydrogens (tertiary/aromatic N) is 1. The van der Waals surface area contributed by atoms with Gasteiger partial charge in [-0.15, -0.1) is 0 Å². The van der Waals surface area contributed by atoms with Crippen LogP contribution in [0, 0.1) is 0 Å². The van der Waals surface area contributed by atoms with Crippen LogP contribution in [-0.4, -0.2) is 37.7 Å². The summed E-state index contributed by atoms with van der Waals surface area (Å²) in [5, 5.41) is 9.35. The van der Waals surface area contributed by atoms with E-state index in [4.69, 9.17) is 9.47 Å². The predicted molar refractivity (Wildman–Crippen MR) is 139 cm³/mol. The number of benzene rings is 3. The molecule has 3 amide bonds. The summed E-state index contributed by atoms with van der Waals surface area (Å²) < 4.78 is 11.3. The monoisotopic (exact) mass is 548 g/mol. The largest absolute Gasteiger partial charge is 0.493 e. The van der Waals surface area contributed by atoms with Gasteiger partial charge < -0.3 is 20.1 Å². The third-order valence-corrected chi connectivity index (χ3v) is 5.71. The van der Waals surface area contributed by atoms with Gasteiger partial charge in [0.05, 0.1) is 19.9 Å². The van der Waals surface area contributed by atoms with Gasteiger partial charge in [0.2, 0.25) is 0 Å². The molecule has 1 aliphatic rings. The smallest absolute Gasteiger partial charge is 0.287 e. The minimum Gasteiger partial charge on any atom is -0.493 e. The molecule has 0 spiro atoms. The first-order valence-electron chi connectivity index (χ1n) is 10.7. The van der Waals surface area contributed by atoms with Crippen molar-refractivity contribution in [1.82, 2.24) is 10.7 Å². The van der Waals surface area contributed by atoms with Crippen LogP contribution in [0.3, 0.4) is 0 Å². The van der Waals surface area contributed by atoms with Crippen molar-refractivity contribution < 1.29 is 23.9 Å². The molecule has 36 heavy (non-hydrogen) atoms. The number of ether oxygens (including phenoxy) is 2. The van der Waals surface area contributed by atoms with Crippen LogP contribution in [-0.2, 0) is 9.59 Å². The fourth-order valence-electron chi connectivity index (χ4n) is 3.45. The number of amides is 3. The number of hydrogen-bond donors (Lipinski definition) is 3. The number of methoxy groups -OCH3 is 2. The molecule has 0 unspecified atom stereocenters. The van der Waals surface area contributed by atoms with Gasteiger partial charge in [-0.1, -0.05) is 40.2 Å². The van der Waals surface area contributed by atoms with E-state index in [1.165, 1.54) is 20.3 Å². The lowest BCUT2D eigenvalue weighted by atomic mass is 10.1. The lowest BCUT2D eigenvalue weighted by Gasteiger charge is -2.11. The maximum absolute atomic E-state index is 13.1. The van der Waals surface area contributed by atoms with Crippen LogP contribution in [0.4, 0.5) is 5.69 Å². The molecule has 1 heterocycles. The van der Waals surface area contributed by atoms with E-state index in [9.17, 15) is 14.4 Å². The maximum atomic E-state index is 13.1. The van der Waals surface area contributed by atoms with Crippen LogP contribution in [0.1, 0.15) is 21.5 Å². The SMILES string of the molecule is COc1ccc(/C=C(/NC(=O)c2ccccc2)C(=O)NN=C2C(=O)Nc3ccc(Br)cc32)cc1OC. The van der Waals surface area contributed by atoms with Crippen molar-refractivity contribution in [3.8, 4) is 11.5 Å². The molecule has 4 rings (SSSR count). The highest BCUT2D eigenvalue weighted by molar-refractivity contribution is 9.10. The Balaban J connectivity index is 1.65. The Morgan fingerprint density at radius 3 is 2.44 bits per heavy atom. The number of rotatable bonds is 7. The van der Waals surface area contributed by atoms with Crippen LogP contribution in [0.25, 0.3) is 6.08 Å². The van der Waals surface area contributed by atoms with Crippen molar-refractivity contribution in [3.05, 3.63) is 93.6 Å². The summed E-state index contributed by atoms with van der Waals surface area (Å²) in [6.07, 6.45) is 1.47. The Bertz CT molecular complexity index is 1400. The number of halogens is 1. The normalized spacial score (nSPS) is 13.6. The second-order valence-corrected chi connectivity index (χ2v) is 8.45. The summed E-state index contributed by atoms with van der Waals surface area (Å²) in [5.41, 5.74) is 4.37. The number of carbonyl (C=O) groups excluding carboxylic acids is 3. The van der Waals surface area contributed by atoms with Crippen LogP contribution in [0.2, 0.25) is 0 Å². The Morgan fingerprint density at radius 2 is 1.72 bits per heavy atom. The van der Waals surface area contributed by atoms with E-state index in [1.54, 1.807) is 66.7 Å². The highest BCUT2D eigenvalue weighted by Gasteiger charge is 2.27. The summed E-state index contributed by atoms with van der Waals surface area (Å²) >= 11 is 3.37. The first-order valence-corrected chi connectivity index (χ1v) is 11.5. The molecule has 9 nitrogen and oxygen atoms in total. The summed E-state index contributed by atoms with van der Waals surface area (Å²) in [5.74, 6) is -0.708. The second-order valence-electron chi connectivity index (χ2n) is 7.54. The number of nitrogens with one attached hydrogen (secondary N) is 3. The van der Waals surface area contributed by atoms with Gasteiger partial charge in [-0.05, 0) is 54.1 Å². The van der Waals surface area contributed by atoms with Crippen molar-refractivity contribution in [3.63, 3.8) is 0 Å². The average Bonchev–Trinajstić information content (AvgIpc) is 3.21. The number of anilines is 1. The predicted octanol–water partition coefficient (Wildman–Crippen LogP) is 3.71. The first kappa shape index (κ1) is 24.7. The highest BCUT2D eigenvalue weighted by atomic mass is 79.9. The van der Waals surface area contributed by atoms with Gasteiger partial charge in [0.15, 0.2) is 17.2 Å². The molecule has 3 N–H and O–H groups in total. The van der Waals surface area contributed by atoms with Gasteiger partial charge in [-0.3, -0.25) is 14.4 Å². The summed E-state index contributed by atoms with van der Waals surface area (Å²) in [7, 11) is 3.01. The first-order chi connectivity index (χ1) is 17.4. The van der Waals surface area contributed by atoms with E-state index in [0.717, 1.165) is 4.47 Å². The topological polar surface area (TPSA) is 118 Å². The standard InChI is InChI=1S/C26H21BrN4O5/c1-35-21-11-8-15(13-22(21)36-2)12-20(29-24(32)16-6-4-3-5-7-16)25(33)31-30-23-18-14-17(27)9-10-19(18)28-26(23)34/h3-14H,1-2H3,(H,29,32)(H,31,33)(H,28,30,34)/b20-12+. The summed E-state index contributed by atoms with van der Waals surface area (Å²) in [6, 6.07) is 18.7. The van der Waals surface area contributed by atoms with Crippen LogP contribution in [0.15, 0.2) is 82.0 Å². The van der Waals surface area contributed by atoms with E-state index < -0.39 is 17.7 Å². The van der Waals surface area contributed by atoms with Gasteiger partial charge in [0.25, 0.3) is 17.7 Å². The van der Waals surface area contributed by atoms with Gasteiger partial charge in [-0.25, -0.2) is 5.43 Å². The van der Waals surface area contributed by atoms with Crippen LogP contribution in [0.5, 0.6) is 11.5 Å². The van der Waals surface area contributed by atoms with Gasteiger partial charge in [0, 0.05) is 15.6 Å². The molecule has 10 heteroatoms. The minimum atomic E-state index is -0.724. The van der Waals surface area contributed by atoms with E-state index in [-0.39, 0.29) is 11.4 Å². The molecule has 0 bridgehead atoms. The molecular weight excluding hydrogens is 528 g/mol. The molecule has 3 aromatic carbocycles. The summed E-state index contributed by atoms with van der Waals surface area (Å²) in [4.78, 5) is 38.3. The molecule has 0 radical (unpaired) electrons. The molecular formula is C26H21BrN4O5. The Labute approximate surface area is 215 Å². The number of hydrogen-bond acceptors (Lipinski definition) is 6. The number of fused-ring (bicyclic) bond motifs is 1. The quantitative estimate of drug-likeness (QED) is 0.307. The molecule has 0 saturated heterocycles. The van der Waals surface area contributed by atoms with E-state index in [1.807, 2.05) is 0 Å². The zero-order chi connectivity index (χ0) is 25.7. The van der Waals surface area contributed by atoms with Crippen molar-refractivity contribution in [2.45, 2.75) is 0 Å². The lowest BCUT2D eigenvalue weighted by Crippen LogP contribution is -2.33. The maximum Gasteiger partial charge on any atom is 0.287 e. The molecule has 0 aliphatic carbocycles. The second kappa shape index (κ2) is 10.9. The highest BCUT2D eigenvalue weighted by Crippen LogP contribution is 2.29. The third kappa shape index (κ3) is 5.44. The third-order valence-electron chi connectivity index (χ3n) is 5.22. The lowest BCUT2D eigenvalue weighted by molar-refractivity contribution is -0.117. The number of carbonyl (C=O) groups is 3. The molecule has 1 aliphatic heterocycles. The zero-order valence-electron chi connectivity index (χ0n) is 19.3. The van der Waals surface area contributed by atoms with Crippen LogP contribution >= 0.6 is 15.9 Å². The van der Waals surface area contributed by atoms with Gasteiger partial charge >= 0.3 is 0 Å².